The predicted octanol–water partition coefficient (Wildman–Crippen LogP) is 2.41. The molecule has 3 rings (SSSR count). The molecule has 5 nitrogen and oxygen atoms in total. The number of carbonyl (C=O) groups excluding carboxylic acids is 1. The van der Waals surface area contributed by atoms with Crippen molar-refractivity contribution in [2.75, 3.05) is 19.9 Å². The van der Waals surface area contributed by atoms with Gasteiger partial charge in [-0.3, -0.25) is 4.79 Å². The van der Waals surface area contributed by atoms with Crippen LogP contribution in [0.1, 0.15) is 23.7 Å². The van der Waals surface area contributed by atoms with Crippen LogP contribution in [0.5, 0.6) is 11.5 Å². The van der Waals surface area contributed by atoms with Crippen molar-refractivity contribution in [3.05, 3.63) is 22.2 Å². The molecule has 2 atom stereocenters. The van der Waals surface area contributed by atoms with Crippen molar-refractivity contribution in [2.24, 2.45) is 11.7 Å². The van der Waals surface area contributed by atoms with Gasteiger partial charge in [-0.05, 0) is 53.9 Å². The van der Waals surface area contributed by atoms with Crippen molar-refractivity contribution >= 4 is 34.2 Å². The van der Waals surface area contributed by atoms with Crippen LogP contribution in [0.4, 0.5) is 0 Å². The molecular weight excluding hydrogens is 360 g/mol. The highest BCUT2D eigenvalue weighted by molar-refractivity contribution is 9.10. The Hall–Kier alpha value is -0.980. The summed E-state index contributed by atoms with van der Waals surface area (Å²) in [5.41, 5.74) is 6.33. The van der Waals surface area contributed by atoms with E-state index in [-0.39, 0.29) is 31.1 Å². The summed E-state index contributed by atoms with van der Waals surface area (Å²) in [6, 6.07) is 3.76. The number of hydrogen-bond acceptors (Lipinski definition) is 4. The van der Waals surface area contributed by atoms with E-state index in [2.05, 4.69) is 22.9 Å². The van der Waals surface area contributed by atoms with Gasteiger partial charge in [-0.2, -0.15) is 0 Å². The molecule has 0 aliphatic carbocycles. The molecule has 2 unspecified atom stereocenters. The summed E-state index contributed by atoms with van der Waals surface area (Å²) in [5, 5.41) is 0. The van der Waals surface area contributed by atoms with Crippen LogP contribution in [0.15, 0.2) is 16.6 Å². The Labute approximate surface area is 138 Å². The van der Waals surface area contributed by atoms with Crippen LogP contribution in [-0.2, 0) is 0 Å². The topological polar surface area (TPSA) is 64.8 Å². The van der Waals surface area contributed by atoms with Gasteiger partial charge in [0.1, 0.15) is 0 Å². The van der Waals surface area contributed by atoms with Gasteiger partial charge in [-0.15, -0.1) is 12.4 Å². The third-order valence-electron chi connectivity index (χ3n) is 3.93. The quantitative estimate of drug-likeness (QED) is 0.859. The maximum Gasteiger partial charge on any atom is 0.254 e. The summed E-state index contributed by atoms with van der Waals surface area (Å²) >= 11 is 3.42. The third-order valence-corrected chi connectivity index (χ3v) is 4.52. The zero-order chi connectivity index (χ0) is 14.3. The fourth-order valence-electron chi connectivity index (χ4n) is 2.85. The average Bonchev–Trinajstić information content (AvgIpc) is 3.04. The summed E-state index contributed by atoms with van der Waals surface area (Å²) in [6.07, 6.45) is 0.966. The number of nitrogens with two attached hydrogens (primary N) is 1. The number of carbonyl (C=O) groups is 1. The van der Waals surface area contributed by atoms with E-state index < -0.39 is 0 Å². The van der Waals surface area contributed by atoms with Gasteiger partial charge < -0.3 is 20.1 Å². The third kappa shape index (κ3) is 2.98. The molecule has 7 heteroatoms. The van der Waals surface area contributed by atoms with Gasteiger partial charge in [0, 0.05) is 18.2 Å². The zero-order valence-electron chi connectivity index (χ0n) is 11.7. The second-order valence-electron chi connectivity index (χ2n) is 5.34. The Kier molecular flexibility index (Phi) is 5.01. The van der Waals surface area contributed by atoms with Crippen LogP contribution in [-0.4, -0.2) is 36.7 Å². The fourth-order valence-corrected chi connectivity index (χ4v) is 3.41. The molecular formula is C14H18BrClN2O3. The number of fused-ring (bicyclic) bond motifs is 1. The lowest BCUT2D eigenvalue weighted by Crippen LogP contribution is -2.34. The zero-order valence-corrected chi connectivity index (χ0v) is 14.1. The smallest absolute Gasteiger partial charge is 0.254 e. The number of benzene rings is 1. The van der Waals surface area contributed by atoms with Crippen LogP contribution in [0.25, 0.3) is 0 Å². The lowest BCUT2D eigenvalue weighted by atomic mass is 10.1. The number of halogens is 2. The standard InChI is InChI=1S/C14H17BrN2O3.ClH/c1-8-2-9(5-16)6-17(8)14(18)10-3-11(15)13-12(4-10)19-7-20-13;/h3-4,8-9H,2,5-7,16H2,1H3;1H. The molecule has 1 aromatic carbocycles. The van der Waals surface area contributed by atoms with Gasteiger partial charge in [0.05, 0.1) is 4.47 Å². The van der Waals surface area contributed by atoms with Gasteiger partial charge in [-0.25, -0.2) is 0 Å². The highest BCUT2D eigenvalue weighted by Gasteiger charge is 2.33. The molecule has 2 heterocycles. The molecule has 0 spiro atoms. The summed E-state index contributed by atoms with van der Waals surface area (Å²) < 4.78 is 11.4. The highest BCUT2D eigenvalue weighted by Crippen LogP contribution is 2.40. The Balaban J connectivity index is 0.00000161. The Morgan fingerprint density at radius 3 is 2.90 bits per heavy atom. The fraction of sp³-hybridized carbons (Fsp3) is 0.500. The van der Waals surface area contributed by atoms with Gasteiger partial charge >= 0.3 is 0 Å². The molecule has 1 aromatic rings. The van der Waals surface area contributed by atoms with Crippen LogP contribution in [0, 0.1) is 5.92 Å². The van der Waals surface area contributed by atoms with E-state index in [0.717, 1.165) is 17.4 Å². The maximum absolute atomic E-state index is 12.6. The number of hydrogen-bond donors (Lipinski definition) is 1. The summed E-state index contributed by atoms with van der Waals surface area (Å²) in [7, 11) is 0. The lowest BCUT2D eigenvalue weighted by Gasteiger charge is -2.21. The van der Waals surface area contributed by atoms with Crippen molar-refractivity contribution in [1.82, 2.24) is 4.90 Å². The van der Waals surface area contributed by atoms with E-state index in [4.69, 9.17) is 15.2 Å². The van der Waals surface area contributed by atoms with E-state index >= 15 is 0 Å². The maximum atomic E-state index is 12.6. The normalized spacial score (nSPS) is 23.1. The second kappa shape index (κ2) is 6.42. The van der Waals surface area contributed by atoms with Crippen LogP contribution in [0.3, 0.4) is 0 Å². The minimum Gasteiger partial charge on any atom is -0.454 e. The number of likely N-dealkylation sites (tertiary alicyclic amines) is 1. The molecule has 2 aliphatic rings. The number of ether oxygens (including phenoxy) is 2. The van der Waals surface area contributed by atoms with Crippen molar-refractivity contribution < 1.29 is 14.3 Å². The Bertz CT molecular complexity index is 555. The minimum absolute atomic E-state index is 0. The molecule has 21 heavy (non-hydrogen) atoms. The van der Waals surface area contributed by atoms with Gasteiger partial charge in [0.15, 0.2) is 11.5 Å². The number of amides is 1. The first-order valence-electron chi connectivity index (χ1n) is 6.70. The van der Waals surface area contributed by atoms with Gasteiger partial charge in [0.2, 0.25) is 6.79 Å². The molecule has 116 valence electrons. The molecule has 0 saturated carbocycles. The molecule has 0 aromatic heterocycles. The number of rotatable bonds is 2. The first-order valence-corrected chi connectivity index (χ1v) is 7.49. The first-order chi connectivity index (χ1) is 9.60. The van der Waals surface area contributed by atoms with Crippen molar-refractivity contribution in [1.29, 1.82) is 0 Å². The summed E-state index contributed by atoms with van der Waals surface area (Å²) in [5.74, 6) is 1.69. The van der Waals surface area contributed by atoms with Crippen molar-refractivity contribution in [2.45, 2.75) is 19.4 Å². The molecule has 1 saturated heterocycles. The van der Waals surface area contributed by atoms with Crippen molar-refractivity contribution in [3.8, 4) is 11.5 Å². The van der Waals surface area contributed by atoms with Crippen LogP contribution >= 0.6 is 28.3 Å². The SMILES string of the molecule is CC1CC(CN)CN1C(=O)c1cc(Br)c2c(c1)OCO2.Cl. The van der Waals surface area contributed by atoms with Crippen LogP contribution < -0.4 is 15.2 Å². The Morgan fingerprint density at radius 1 is 1.48 bits per heavy atom. The lowest BCUT2D eigenvalue weighted by molar-refractivity contribution is 0.0743. The van der Waals surface area contributed by atoms with E-state index in [0.29, 0.717) is 29.5 Å². The molecule has 1 amide bonds. The van der Waals surface area contributed by atoms with E-state index in [1.54, 1.807) is 12.1 Å². The number of nitrogens with zero attached hydrogens (tertiary/aromatic N) is 1. The van der Waals surface area contributed by atoms with Crippen molar-refractivity contribution in [3.63, 3.8) is 0 Å². The summed E-state index contributed by atoms with van der Waals surface area (Å²) in [4.78, 5) is 14.5. The molecule has 0 bridgehead atoms. The van der Waals surface area contributed by atoms with Crippen LogP contribution in [0.2, 0.25) is 0 Å². The second-order valence-corrected chi connectivity index (χ2v) is 6.19. The van der Waals surface area contributed by atoms with Gasteiger partial charge in [-0.1, -0.05) is 0 Å². The predicted molar refractivity (Wildman–Crippen MR) is 85.2 cm³/mol. The Morgan fingerprint density at radius 2 is 2.24 bits per heavy atom. The van der Waals surface area contributed by atoms with Gasteiger partial charge in [0.25, 0.3) is 5.91 Å². The van der Waals surface area contributed by atoms with E-state index in [1.807, 2.05) is 4.90 Å². The summed E-state index contributed by atoms with van der Waals surface area (Å²) in [6.45, 7) is 3.61. The molecule has 0 radical (unpaired) electrons. The van der Waals surface area contributed by atoms with E-state index in [1.165, 1.54) is 0 Å². The molecule has 2 N–H and O–H groups in total. The highest BCUT2D eigenvalue weighted by atomic mass is 79.9. The minimum atomic E-state index is 0. The molecule has 2 aliphatic heterocycles. The monoisotopic (exact) mass is 376 g/mol. The largest absolute Gasteiger partial charge is 0.454 e. The van der Waals surface area contributed by atoms with E-state index in [9.17, 15) is 4.79 Å². The molecule has 1 fully saturated rings. The average molecular weight is 378 g/mol. The first kappa shape index (κ1) is 16.4.